The molecular weight excluding hydrogens is 328 g/mol. The third-order valence-electron chi connectivity index (χ3n) is 5.57. The van der Waals surface area contributed by atoms with Gasteiger partial charge in [-0.3, -0.25) is 4.57 Å². The molecule has 5 rings (SSSR count). The second kappa shape index (κ2) is 5.95. The van der Waals surface area contributed by atoms with Gasteiger partial charge in [-0.25, -0.2) is 4.98 Å². The maximum Gasteiger partial charge on any atom is 0.144 e. The van der Waals surface area contributed by atoms with Gasteiger partial charge < -0.3 is 0 Å². The quantitative estimate of drug-likeness (QED) is 0.380. The van der Waals surface area contributed by atoms with E-state index in [-0.39, 0.29) is 0 Å². The highest BCUT2D eigenvalue weighted by molar-refractivity contribution is 5.80. The Morgan fingerprint density at radius 1 is 0.815 bits per heavy atom. The molecule has 1 aromatic heterocycles. The minimum absolute atomic E-state index is 0.997. The molecule has 0 amide bonds. The SMILES string of the molecule is Cc1cc(C)c(-n2ccnc2-c2ccc3c(c2)-c2ccccc2C3)c(C)c1. The molecule has 0 radical (unpaired) electrons. The Balaban J connectivity index is 1.67. The average Bonchev–Trinajstić information content (AvgIpc) is 3.25. The number of nitrogens with zero attached hydrogens (tertiary/aromatic N) is 2. The van der Waals surface area contributed by atoms with Crippen molar-refractivity contribution in [2.75, 3.05) is 0 Å². The lowest BCUT2D eigenvalue weighted by molar-refractivity contribution is 1.03. The van der Waals surface area contributed by atoms with Gasteiger partial charge in [-0.1, -0.05) is 54.1 Å². The molecule has 27 heavy (non-hydrogen) atoms. The topological polar surface area (TPSA) is 17.8 Å². The van der Waals surface area contributed by atoms with Crippen LogP contribution in [-0.2, 0) is 6.42 Å². The molecule has 0 bridgehead atoms. The maximum atomic E-state index is 4.71. The highest BCUT2D eigenvalue weighted by Gasteiger charge is 2.20. The van der Waals surface area contributed by atoms with E-state index in [1.165, 1.54) is 44.6 Å². The second-order valence-electron chi connectivity index (χ2n) is 7.57. The summed E-state index contributed by atoms with van der Waals surface area (Å²) in [7, 11) is 0. The fourth-order valence-corrected chi connectivity index (χ4v) is 4.51. The summed E-state index contributed by atoms with van der Waals surface area (Å²) in [6.07, 6.45) is 4.99. The van der Waals surface area contributed by atoms with Crippen LogP contribution in [0.3, 0.4) is 0 Å². The minimum atomic E-state index is 0.997. The van der Waals surface area contributed by atoms with Crippen molar-refractivity contribution in [1.82, 2.24) is 9.55 Å². The number of hydrogen-bond donors (Lipinski definition) is 0. The minimum Gasteiger partial charge on any atom is -0.299 e. The van der Waals surface area contributed by atoms with Crippen molar-refractivity contribution in [3.8, 4) is 28.2 Å². The lowest BCUT2D eigenvalue weighted by atomic mass is 10.0. The Morgan fingerprint density at radius 3 is 2.37 bits per heavy atom. The summed E-state index contributed by atoms with van der Waals surface area (Å²) in [5.74, 6) is 0.997. The van der Waals surface area contributed by atoms with Crippen LogP contribution in [-0.4, -0.2) is 9.55 Å². The van der Waals surface area contributed by atoms with E-state index in [2.05, 4.69) is 86.1 Å². The zero-order valence-electron chi connectivity index (χ0n) is 16.0. The highest BCUT2D eigenvalue weighted by Crippen LogP contribution is 2.39. The Labute approximate surface area is 160 Å². The van der Waals surface area contributed by atoms with Gasteiger partial charge in [0.25, 0.3) is 0 Å². The summed E-state index contributed by atoms with van der Waals surface area (Å²) in [5.41, 5.74) is 11.8. The summed E-state index contributed by atoms with van der Waals surface area (Å²) in [6, 6.07) is 20.0. The molecule has 4 aromatic rings. The summed E-state index contributed by atoms with van der Waals surface area (Å²) in [5, 5.41) is 0. The number of aromatic nitrogens is 2. The lowest BCUT2D eigenvalue weighted by Crippen LogP contribution is -2.02. The maximum absolute atomic E-state index is 4.71. The molecule has 2 heteroatoms. The van der Waals surface area contributed by atoms with Crippen molar-refractivity contribution in [2.45, 2.75) is 27.2 Å². The molecule has 0 fully saturated rings. The molecule has 2 nitrogen and oxygen atoms in total. The zero-order chi connectivity index (χ0) is 18.5. The van der Waals surface area contributed by atoms with E-state index in [9.17, 15) is 0 Å². The van der Waals surface area contributed by atoms with Gasteiger partial charge in [0.1, 0.15) is 5.82 Å². The molecule has 3 aromatic carbocycles. The number of aryl methyl sites for hydroxylation is 3. The van der Waals surface area contributed by atoms with Crippen molar-refractivity contribution < 1.29 is 0 Å². The number of fused-ring (bicyclic) bond motifs is 3. The van der Waals surface area contributed by atoms with Gasteiger partial charge in [0.05, 0.1) is 5.69 Å². The Hall–Kier alpha value is -3.13. The summed E-state index contributed by atoms with van der Waals surface area (Å²) in [4.78, 5) is 4.71. The third-order valence-corrected chi connectivity index (χ3v) is 5.57. The van der Waals surface area contributed by atoms with E-state index in [0.717, 1.165) is 17.8 Å². The Bertz CT molecular complexity index is 1160. The van der Waals surface area contributed by atoms with Crippen LogP contribution in [0.4, 0.5) is 0 Å². The van der Waals surface area contributed by atoms with E-state index in [1.54, 1.807) is 0 Å². The lowest BCUT2D eigenvalue weighted by Gasteiger charge is -2.15. The van der Waals surface area contributed by atoms with Crippen LogP contribution in [0.5, 0.6) is 0 Å². The van der Waals surface area contributed by atoms with Crippen molar-refractivity contribution in [2.24, 2.45) is 0 Å². The van der Waals surface area contributed by atoms with Crippen molar-refractivity contribution in [3.05, 3.63) is 94.8 Å². The van der Waals surface area contributed by atoms with Crippen molar-refractivity contribution >= 4 is 0 Å². The Morgan fingerprint density at radius 2 is 1.56 bits per heavy atom. The molecule has 0 saturated heterocycles. The molecule has 1 aliphatic carbocycles. The molecule has 0 spiro atoms. The number of imidazole rings is 1. The van der Waals surface area contributed by atoms with Crippen LogP contribution in [0, 0.1) is 20.8 Å². The Kier molecular flexibility index (Phi) is 3.54. The van der Waals surface area contributed by atoms with E-state index < -0.39 is 0 Å². The monoisotopic (exact) mass is 350 g/mol. The summed E-state index contributed by atoms with van der Waals surface area (Å²) in [6.45, 7) is 6.51. The van der Waals surface area contributed by atoms with Gasteiger partial charge in [-0.2, -0.15) is 0 Å². The summed E-state index contributed by atoms with van der Waals surface area (Å²) >= 11 is 0. The molecule has 1 heterocycles. The molecule has 0 saturated carbocycles. The van der Waals surface area contributed by atoms with Crippen LogP contribution >= 0.6 is 0 Å². The van der Waals surface area contributed by atoms with Crippen molar-refractivity contribution in [1.29, 1.82) is 0 Å². The van der Waals surface area contributed by atoms with Crippen LogP contribution in [0.2, 0.25) is 0 Å². The van der Waals surface area contributed by atoms with Crippen LogP contribution < -0.4 is 0 Å². The van der Waals surface area contributed by atoms with E-state index >= 15 is 0 Å². The van der Waals surface area contributed by atoms with Gasteiger partial charge >= 0.3 is 0 Å². The first-order chi connectivity index (χ1) is 13.1. The predicted molar refractivity (Wildman–Crippen MR) is 111 cm³/mol. The smallest absolute Gasteiger partial charge is 0.144 e. The first-order valence-corrected chi connectivity index (χ1v) is 9.45. The molecule has 1 aliphatic rings. The van der Waals surface area contributed by atoms with Gasteiger partial charge in [-0.15, -0.1) is 0 Å². The van der Waals surface area contributed by atoms with Crippen LogP contribution in [0.1, 0.15) is 27.8 Å². The average molecular weight is 350 g/mol. The molecule has 0 unspecified atom stereocenters. The second-order valence-corrected chi connectivity index (χ2v) is 7.57. The predicted octanol–water partition coefficient (Wildman–Crippen LogP) is 6.04. The zero-order valence-corrected chi connectivity index (χ0v) is 16.0. The van der Waals surface area contributed by atoms with Crippen molar-refractivity contribution in [3.63, 3.8) is 0 Å². The van der Waals surface area contributed by atoms with Gasteiger partial charge in [-0.05, 0) is 66.6 Å². The van der Waals surface area contributed by atoms with E-state index in [0.29, 0.717) is 0 Å². The summed E-state index contributed by atoms with van der Waals surface area (Å²) < 4.78 is 2.23. The molecular formula is C25H22N2. The van der Waals surface area contributed by atoms with Gasteiger partial charge in [0.15, 0.2) is 0 Å². The number of benzene rings is 3. The van der Waals surface area contributed by atoms with Gasteiger partial charge in [0.2, 0.25) is 0 Å². The molecule has 0 aliphatic heterocycles. The highest BCUT2D eigenvalue weighted by atomic mass is 15.1. The van der Waals surface area contributed by atoms with E-state index in [4.69, 9.17) is 4.98 Å². The first-order valence-electron chi connectivity index (χ1n) is 9.45. The van der Waals surface area contributed by atoms with Crippen LogP contribution in [0.25, 0.3) is 28.2 Å². The number of rotatable bonds is 2. The molecule has 0 atom stereocenters. The van der Waals surface area contributed by atoms with E-state index in [1.807, 2.05) is 6.20 Å². The normalized spacial score (nSPS) is 12.1. The fraction of sp³-hybridized carbons (Fsp3) is 0.160. The van der Waals surface area contributed by atoms with Crippen LogP contribution in [0.15, 0.2) is 67.0 Å². The standard InChI is InChI=1S/C25H22N2/c1-16-12-17(2)24(18(3)13-16)27-11-10-26-25(27)21-9-8-20-14-19-6-4-5-7-22(19)23(20)15-21/h4-13,15H,14H2,1-3H3. The first kappa shape index (κ1) is 16.1. The van der Waals surface area contributed by atoms with Gasteiger partial charge in [0, 0.05) is 18.0 Å². The molecule has 0 N–H and O–H groups in total. The largest absolute Gasteiger partial charge is 0.299 e. The third kappa shape index (κ3) is 2.52. The number of hydrogen-bond acceptors (Lipinski definition) is 1. The molecule has 132 valence electrons. The fourth-order valence-electron chi connectivity index (χ4n) is 4.51.